The summed E-state index contributed by atoms with van der Waals surface area (Å²) < 4.78 is 0. The van der Waals surface area contributed by atoms with Crippen LogP contribution < -0.4 is 0 Å². The largest absolute Gasteiger partial charge is 0.478 e. The summed E-state index contributed by atoms with van der Waals surface area (Å²) in [4.78, 5) is 10.7. The molecule has 0 aliphatic rings. The van der Waals surface area contributed by atoms with Crippen molar-refractivity contribution < 1.29 is 9.90 Å². The highest BCUT2D eigenvalue weighted by Crippen LogP contribution is 2.09. The van der Waals surface area contributed by atoms with Gasteiger partial charge in [0, 0.05) is 5.57 Å². The second kappa shape index (κ2) is 8.79. The molecule has 82 valence electrons. The molecule has 0 bridgehead atoms. The average Bonchev–Trinajstić information content (AvgIpc) is 2.15. The highest BCUT2D eigenvalue weighted by molar-refractivity contribution is 5.86. The first kappa shape index (κ1) is 13.2. The van der Waals surface area contributed by atoms with Gasteiger partial charge in [0.15, 0.2) is 0 Å². The molecular weight excluding hydrogens is 176 g/mol. The molecule has 0 unspecified atom stereocenters. The summed E-state index contributed by atoms with van der Waals surface area (Å²) in [6.07, 6.45) is 9.23. The average molecular weight is 198 g/mol. The molecule has 14 heavy (non-hydrogen) atoms. The highest BCUT2D eigenvalue weighted by atomic mass is 16.4. The summed E-state index contributed by atoms with van der Waals surface area (Å²) in [5, 5.41) is 8.84. The van der Waals surface area contributed by atoms with Gasteiger partial charge in [0.1, 0.15) is 0 Å². The number of hydrogen-bond donors (Lipinski definition) is 1. The molecule has 0 aliphatic heterocycles. The van der Waals surface area contributed by atoms with Crippen molar-refractivity contribution in [2.45, 2.75) is 58.8 Å². The molecular formula is C12H22O2. The summed E-state index contributed by atoms with van der Waals surface area (Å²) in [6.45, 7) is 4.18. The molecule has 0 spiro atoms. The molecule has 0 aromatic rings. The molecule has 0 aromatic heterocycles. The number of carboxylic acids is 1. The molecule has 0 saturated heterocycles. The van der Waals surface area contributed by atoms with Crippen molar-refractivity contribution in [3.63, 3.8) is 0 Å². The Balaban J connectivity index is 3.73. The van der Waals surface area contributed by atoms with Crippen molar-refractivity contribution in [1.29, 1.82) is 0 Å². The molecule has 0 aromatic carbocycles. The van der Waals surface area contributed by atoms with E-state index in [0.717, 1.165) is 19.3 Å². The number of aliphatic carboxylic acids is 1. The quantitative estimate of drug-likeness (QED) is 0.476. The predicted octanol–water partition coefficient (Wildman–Crippen LogP) is 3.77. The molecule has 0 amide bonds. The third-order valence-corrected chi connectivity index (χ3v) is 2.24. The minimum atomic E-state index is -0.748. The van der Waals surface area contributed by atoms with Gasteiger partial charge >= 0.3 is 5.97 Å². The van der Waals surface area contributed by atoms with Gasteiger partial charge in [-0.1, -0.05) is 45.6 Å². The lowest BCUT2D eigenvalue weighted by molar-refractivity contribution is -0.132. The highest BCUT2D eigenvalue weighted by Gasteiger charge is 2.04. The van der Waals surface area contributed by atoms with Gasteiger partial charge in [-0.2, -0.15) is 0 Å². The van der Waals surface area contributed by atoms with Crippen LogP contribution in [0.4, 0.5) is 0 Å². The number of carbonyl (C=O) groups is 1. The maximum absolute atomic E-state index is 10.7. The van der Waals surface area contributed by atoms with Crippen molar-refractivity contribution in [1.82, 2.24) is 0 Å². The summed E-state index contributed by atoms with van der Waals surface area (Å²) in [7, 11) is 0. The Morgan fingerprint density at radius 3 is 2.36 bits per heavy atom. The molecule has 0 atom stereocenters. The van der Waals surface area contributed by atoms with Gasteiger partial charge in [0.05, 0.1) is 0 Å². The fourth-order valence-corrected chi connectivity index (χ4v) is 1.41. The van der Waals surface area contributed by atoms with Crippen molar-refractivity contribution >= 4 is 5.97 Å². The van der Waals surface area contributed by atoms with Crippen LogP contribution in [0.3, 0.4) is 0 Å². The van der Waals surface area contributed by atoms with E-state index in [2.05, 4.69) is 6.92 Å². The lowest BCUT2D eigenvalue weighted by Gasteiger charge is -2.00. The van der Waals surface area contributed by atoms with Crippen LogP contribution >= 0.6 is 0 Å². The van der Waals surface area contributed by atoms with E-state index in [9.17, 15) is 4.79 Å². The van der Waals surface area contributed by atoms with Gasteiger partial charge in [-0.25, -0.2) is 4.79 Å². The van der Waals surface area contributed by atoms with Crippen LogP contribution in [0.5, 0.6) is 0 Å². The minimum absolute atomic E-state index is 0.587. The van der Waals surface area contributed by atoms with Crippen LogP contribution in [0.15, 0.2) is 11.6 Å². The molecule has 0 aliphatic carbocycles. The monoisotopic (exact) mass is 198 g/mol. The van der Waals surface area contributed by atoms with Crippen LogP contribution in [0.25, 0.3) is 0 Å². The van der Waals surface area contributed by atoms with Crippen molar-refractivity contribution in [3.8, 4) is 0 Å². The van der Waals surface area contributed by atoms with Crippen LogP contribution in [0.1, 0.15) is 58.8 Å². The van der Waals surface area contributed by atoms with Gasteiger partial charge in [0.2, 0.25) is 0 Å². The second-order valence-corrected chi connectivity index (χ2v) is 3.63. The van der Waals surface area contributed by atoms with E-state index in [4.69, 9.17) is 5.11 Å². The van der Waals surface area contributed by atoms with E-state index in [0.29, 0.717) is 12.0 Å². The topological polar surface area (TPSA) is 37.3 Å². The Labute approximate surface area is 87.0 Å². The first-order valence-corrected chi connectivity index (χ1v) is 5.64. The molecule has 0 fully saturated rings. The standard InChI is InChI=1S/C12H22O2/c1-3-5-6-7-8-10-11(9-4-2)12(13)14/h10H,3-9H2,1-2H3,(H,13,14). The van der Waals surface area contributed by atoms with Gasteiger partial charge in [-0.15, -0.1) is 0 Å². The number of allylic oxidation sites excluding steroid dienone is 1. The zero-order chi connectivity index (χ0) is 10.8. The minimum Gasteiger partial charge on any atom is -0.478 e. The number of carboxylic acid groups (broad SMARTS) is 1. The van der Waals surface area contributed by atoms with Crippen LogP contribution in [0.2, 0.25) is 0 Å². The molecule has 2 nitrogen and oxygen atoms in total. The Morgan fingerprint density at radius 1 is 1.14 bits per heavy atom. The zero-order valence-electron chi connectivity index (χ0n) is 9.38. The number of hydrogen-bond acceptors (Lipinski definition) is 1. The Bertz CT molecular complexity index is 183. The Kier molecular flexibility index (Phi) is 8.30. The Morgan fingerprint density at radius 2 is 1.86 bits per heavy atom. The molecule has 0 saturated carbocycles. The Hall–Kier alpha value is -0.790. The van der Waals surface area contributed by atoms with Gasteiger partial charge in [-0.05, 0) is 19.3 Å². The van der Waals surface area contributed by atoms with Gasteiger partial charge in [-0.3, -0.25) is 0 Å². The molecule has 0 rings (SSSR count). The van der Waals surface area contributed by atoms with E-state index in [1.54, 1.807) is 0 Å². The lowest BCUT2D eigenvalue weighted by atomic mass is 10.1. The summed E-state index contributed by atoms with van der Waals surface area (Å²) in [5.74, 6) is -0.748. The fraction of sp³-hybridized carbons (Fsp3) is 0.750. The van der Waals surface area contributed by atoms with Crippen LogP contribution in [0, 0.1) is 0 Å². The normalized spacial score (nSPS) is 11.7. The maximum atomic E-state index is 10.7. The van der Waals surface area contributed by atoms with Gasteiger partial charge in [0.25, 0.3) is 0 Å². The number of unbranched alkanes of at least 4 members (excludes halogenated alkanes) is 4. The van der Waals surface area contributed by atoms with Gasteiger partial charge < -0.3 is 5.11 Å². The third-order valence-electron chi connectivity index (χ3n) is 2.24. The van der Waals surface area contributed by atoms with E-state index in [-0.39, 0.29) is 0 Å². The van der Waals surface area contributed by atoms with E-state index < -0.39 is 5.97 Å². The van der Waals surface area contributed by atoms with E-state index in [1.807, 2.05) is 13.0 Å². The SMILES string of the molecule is CCCCCCC=C(CCC)C(=O)O. The van der Waals surface area contributed by atoms with Crippen LogP contribution in [-0.4, -0.2) is 11.1 Å². The maximum Gasteiger partial charge on any atom is 0.331 e. The summed E-state index contributed by atoms with van der Waals surface area (Å²) >= 11 is 0. The molecule has 0 radical (unpaired) electrons. The van der Waals surface area contributed by atoms with E-state index >= 15 is 0 Å². The summed E-state index contributed by atoms with van der Waals surface area (Å²) in [6, 6.07) is 0. The zero-order valence-corrected chi connectivity index (χ0v) is 9.38. The predicted molar refractivity (Wildman–Crippen MR) is 59.4 cm³/mol. The van der Waals surface area contributed by atoms with Crippen LogP contribution in [-0.2, 0) is 4.79 Å². The van der Waals surface area contributed by atoms with Crippen molar-refractivity contribution in [2.75, 3.05) is 0 Å². The summed E-state index contributed by atoms with van der Waals surface area (Å²) in [5.41, 5.74) is 0.587. The van der Waals surface area contributed by atoms with Crippen molar-refractivity contribution in [2.24, 2.45) is 0 Å². The van der Waals surface area contributed by atoms with E-state index in [1.165, 1.54) is 19.3 Å². The molecule has 0 heterocycles. The lowest BCUT2D eigenvalue weighted by Crippen LogP contribution is -2.00. The smallest absolute Gasteiger partial charge is 0.331 e. The molecule has 2 heteroatoms. The molecule has 1 N–H and O–H groups in total. The fourth-order valence-electron chi connectivity index (χ4n) is 1.41. The number of rotatable bonds is 8. The third kappa shape index (κ3) is 6.70. The second-order valence-electron chi connectivity index (χ2n) is 3.63. The first-order chi connectivity index (χ1) is 6.72. The first-order valence-electron chi connectivity index (χ1n) is 5.64. The van der Waals surface area contributed by atoms with Crippen molar-refractivity contribution in [3.05, 3.63) is 11.6 Å².